The average Bonchev–Trinajstić information content (AvgIpc) is 3.34. The van der Waals surface area contributed by atoms with Gasteiger partial charge in [0, 0.05) is 70.2 Å². The molecule has 0 aliphatic carbocycles. The first kappa shape index (κ1) is 22.5. The zero-order valence-electron chi connectivity index (χ0n) is 21.1. The third kappa shape index (κ3) is 3.69. The van der Waals surface area contributed by atoms with Gasteiger partial charge in [-0.3, -0.25) is 9.48 Å². The fourth-order valence-corrected chi connectivity index (χ4v) is 5.15. The molecule has 0 atom stereocenters. The number of aromatic nitrogens is 5. The first-order chi connectivity index (χ1) is 17.4. The molecule has 6 rings (SSSR count). The van der Waals surface area contributed by atoms with Crippen molar-refractivity contribution in [1.82, 2.24) is 24.3 Å². The number of anilines is 4. The van der Waals surface area contributed by atoms with Crippen molar-refractivity contribution in [2.24, 2.45) is 14.1 Å². The lowest BCUT2D eigenvalue weighted by Crippen LogP contribution is -2.38. The molecule has 10 nitrogen and oxygen atoms in total. The van der Waals surface area contributed by atoms with Crippen molar-refractivity contribution in [1.29, 1.82) is 0 Å². The molecule has 0 unspecified atom stereocenters. The third-order valence-corrected chi connectivity index (χ3v) is 7.18. The van der Waals surface area contributed by atoms with Gasteiger partial charge in [0.2, 0.25) is 0 Å². The predicted molar refractivity (Wildman–Crippen MR) is 141 cm³/mol. The van der Waals surface area contributed by atoms with Gasteiger partial charge in [-0.15, -0.1) is 0 Å². The van der Waals surface area contributed by atoms with Crippen molar-refractivity contribution in [3.63, 3.8) is 0 Å². The van der Waals surface area contributed by atoms with Gasteiger partial charge in [0.25, 0.3) is 5.56 Å². The van der Waals surface area contributed by atoms with E-state index in [0.29, 0.717) is 19.0 Å². The third-order valence-electron chi connectivity index (χ3n) is 7.18. The van der Waals surface area contributed by atoms with Crippen LogP contribution in [-0.2, 0) is 18.8 Å². The van der Waals surface area contributed by atoms with Crippen molar-refractivity contribution >= 4 is 33.8 Å². The molecule has 0 bridgehead atoms. The van der Waals surface area contributed by atoms with Crippen LogP contribution in [0.3, 0.4) is 0 Å². The summed E-state index contributed by atoms with van der Waals surface area (Å²) in [5.74, 6) is 1.53. The van der Waals surface area contributed by atoms with Crippen LogP contribution in [0.5, 0.6) is 0 Å². The fraction of sp³-hybridized carbons (Fsp3) is 0.385. The monoisotopic (exact) mass is 486 g/mol. The first-order valence-electron chi connectivity index (χ1n) is 12.2. The summed E-state index contributed by atoms with van der Waals surface area (Å²) >= 11 is 0. The van der Waals surface area contributed by atoms with Crippen LogP contribution in [0.1, 0.15) is 5.56 Å². The maximum atomic E-state index is 12.9. The summed E-state index contributed by atoms with van der Waals surface area (Å²) < 4.78 is 9.10. The lowest BCUT2D eigenvalue weighted by molar-refractivity contribution is 0.122. The minimum absolute atomic E-state index is 0.0239. The van der Waals surface area contributed by atoms with Gasteiger partial charge in [0.15, 0.2) is 11.6 Å². The number of aryl methyl sites for hydroxylation is 3. The summed E-state index contributed by atoms with van der Waals surface area (Å²) in [6.45, 7) is 6.50. The van der Waals surface area contributed by atoms with E-state index < -0.39 is 0 Å². The minimum atomic E-state index is 0.0239. The Hall–Kier alpha value is -3.92. The largest absolute Gasteiger partial charge is 0.378 e. The molecule has 0 radical (unpaired) electrons. The van der Waals surface area contributed by atoms with Crippen LogP contribution in [0.15, 0.2) is 41.6 Å². The molecule has 5 heterocycles. The topological polar surface area (TPSA) is 84.6 Å². The number of fused-ring (bicyclic) bond motifs is 2. The van der Waals surface area contributed by atoms with Crippen molar-refractivity contribution in [2.45, 2.75) is 6.92 Å². The highest BCUT2D eigenvalue weighted by molar-refractivity contribution is 5.99. The molecular formula is C26H30N8O2. The minimum Gasteiger partial charge on any atom is -0.378 e. The van der Waals surface area contributed by atoms with Crippen LogP contribution in [0.25, 0.3) is 22.3 Å². The van der Waals surface area contributed by atoms with Crippen LogP contribution < -0.4 is 20.3 Å². The highest BCUT2D eigenvalue weighted by atomic mass is 16.5. The van der Waals surface area contributed by atoms with E-state index in [9.17, 15) is 4.79 Å². The Morgan fingerprint density at radius 3 is 2.50 bits per heavy atom. The highest BCUT2D eigenvalue weighted by Gasteiger charge is 2.27. The van der Waals surface area contributed by atoms with Crippen molar-refractivity contribution < 1.29 is 4.74 Å². The Balaban J connectivity index is 1.54. The number of nitrogens with zero attached hydrogens (tertiary/aromatic N) is 8. The van der Waals surface area contributed by atoms with Gasteiger partial charge in [0.05, 0.1) is 42.4 Å². The number of ether oxygens (including phenoxy) is 1. The van der Waals surface area contributed by atoms with Gasteiger partial charge in [-0.25, -0.2) is 9.97 Å². The Kier molecular flexibility index (Phi) is 5.40. The van der Waals surface area contributed by atoms with Crippen LogP contribution in [-0.4, -0.2) is 70.8 Å². The normalized spacial score (nSPS) is 16.1. The lowest BCUT2D eigenvalue weighted by atomic mass is 10.1. The maximum absolute atomic E-state index is 12.9. The Labute approximate surface area is 209 Å². The maximum Gasteiger partial charge on any atom is 0.253 e. The zero-order chi connectivity index (χ0) is 25.0. The molecule has 2 aliphatic rings. The first-order valence-corrected chi connectivity index (χ1v) is 12.2. The molecule has 1 aromatic carbocycles. The SMILES string of the molecule is Cc1cc2c(N3CCN(C)c4nc(-c5cnn(C)c5)ncc43)cc(N3CCOCC3)cc2n(C)c1=O. The van der Waals surface area contributed by atoms with Crippen molar-refractivity contribution in [3.05, 3.63) is 52.7 Å². The standard InChI is InChI=1S/C26H30N8O2/c1-17-11-20-21(32(4)26(17)35)12-19(33-7-9-36-10-8-33)13-22(20)34-6-5-30(2)25-23(34)15-27-24(29-25)18-14-28-31(3)16-18/h11-16H,5-10H2,1-4H3. The second kappa shape index (κ2) is 8.63. The van der Waals surface area contributed by atoms with E-state index in [1.54, 1.807) is 15.4 Å². The molecule has 0 amide bonds. The fourth-order valence-electron chi connectivity index (χ4n) is 5.15. The molecule has 2 aliphatic heterocycles. The summed E-state index contributed by atoms with van der Waals surface area (Å²) in [5, 5.41) is 5.31. The molecular weight excluding hydrogens is 456 g/mol. The number of rotatable bonds is 3. The van der Waals surface area contributed by atoms with Crippen molar-refractivity contribution in [2.75, 3.05) is 61.1 Å². The number of pyridine rings is 1. The van der Waals surface area contributed by atoms with Crippen LogP contribution in [0.4, 0.5) is 22.9 Å². The van der Waals surface area contributed by atoms with Gasteiger partial charge in [0.1, 0.15) is 5.69 Å². The molecule has 4 aromatic rings. The van der Waals surface area contributed by atoms with E-state index in [-0.39, 0.29) is 5.56 Å². The number of hydrogen-bond donors (Lipinski definition) is 0. The molecule has 10 heteroatoms. The molecule has 0 spiro atoms. The molecule has 3 aromatic heterocycles. The summed E-state index contributed by atoms with van der Waals surface area (Å²) in [4.78, 5) is 29.3. The van der Waals surface area contributed by atoms with Gasteiger partial charge in [-0.05, 0) is 25.1 Å². The zero-order valence-corrected chi connectivity index (χ0v) is 21.1. The molecule has 0 N–H and O–H groups in total. The predicted octanol–water partition coefficient (Wildman–Crippen LogP) is 2.46. The van der Waals surface area contributed by atoms with E-state index in [1.165, 1.54) is 0 Å². The van der Waals surface area contributed by atoms with Gasteiger partial charge < -0.3 is 24.0 Å². The average molecular weight is 487 g/mol. The van der Waals surface area contributed by atoms with E-state index in [4.69, 9.17) is 14.7 Å². The van der Waals surface area contributed by atoms with Gasteiger partial charge >= 0.3 is 0 Å². The Morgan fingerprint density at radius 1 is 0.944 bits per heavy atom. The van der Waals surface area contributed by atoms with Crippen LogP contribution in [0, 0.1) is 6.92 Å². The molecule has 1 fully saturated rings. The van der Waals surface area contributed by atoms with E-state index in [1.807, 2.05) is 39.5 Å². The van der Waals surface area contributed by atoms with E-state index >= 15 is 0 Å². The van der Waals surface area contributed by atoms with Gasteiger partial charge in [-0.1, -0.05) is 0 Å². The molecule has 0 saturated carbocycles. The lowest BCUT2D eigenvalue weighted by Gasteiger charge is -2.37. The van der Waals surface area contributed by atoms with Gasteiger partial charge in [-0.2, -0.15) is 5.10 Å². The smallest absolute Gasteiger partial charge is 0.253 e. The molecule has 1 saturated heterocycles. The summed E-state index contributed by atoms with van der Waals surface area (Å²) in [7, 11) is 5.80. The second-order valence-corrected chi connectivity index (χ2v) is 9.57. The number of hydrogen-bond acceptors (Lipinski definition) is 8. The summed E-state index contributed by atoms with van der Waals surface area (Å²) in [6, 6.07) is 6.38. The van der Waals surface area contributed by atoms with Crippen molar-refractivity contribution in [3.8, 4) is 11.4 Å². The Morgan fingerprint density at radius 2 is 1.75 bits per heavy atom. The molecule has 36 heavy (non-hydrogen) atoms. The summed E-state index contributed by atoms with van der Waals surface area (Å²) in [5.41, 5.74) is 5.64. The van der Waals surface area contributed by atoms with Crippen LogP contribution in [0.2, 0.25) is 0 Å². The van der Waals surface area contributed by atoms with E-state index in [0.717, 1.165) is 71.1 Å². The molecule has 186 valence electrons. The van der Waals surface area contributed by atoms with E-state index in [2.05, 4.69) is 39.0 Å². The Bertz CT molecular complexity index is 1520. The highest BCUT2D eigenvalue weighted by Crippen LogP contribution is 2.41. The van der Waals surface area contributed by atoms with Crippen LogP contribution >= 0.6 is 0 Å². The second-order valence-electron chi connectivity index (χ2n) is 9.57. The number of benzene rings is 1. The quantitative estimate of drug-likeness (QED) is 0.437. The number of morpholine rings is 1. The number of likely N-dealkylation sites (N-methyl/N-ethyl adjacent to an activating group) is 1. The summed E-state index contributed by atoms with van der Waals surface area (Å²) in [6.07, 6.45) is 5.61.